The lowest BCUT2D eigenvalue weighted by Gasteiger charge is -2.16. The third kappa shape index (κ3) is 3.16. The van der Waals surface area contributed by atoms with E-state index < -0.39 is 35.0 Å². The molecule has 29 heavy (non-hydrogen) atoms. The van der Waals surface area contributed by atoms with Crippen molar-refractivity contribution < 1.29 is 26.7 Å². The van der Waals surface area contributed by atoms with Crippen molar-refractivity contribution in [3.05, 3.63) is 35.7 Å². The second-order valence-electron chi connectivity index (χ2n) is 7.44. The fourth-order valence-electron chi connectivity index (χ4n) is 3.56. The summed E-state index contributed by atoms with van der Waals surface area (Å²) in [5.41, 5.74) is 5.26. The Hall–Kier alpha value is -2.91. The van der Waals surface area contributed by atoms with Gasteiger partial charge in [0.1, 0.15) is 11.2 Å². The van der Waals surface area contributed by atoms with E-state index in [0.717, 1.165) is 31.7 Å². The molecule has 2 fully saturated rings. The van der Waals surface area contributed by atoms with E-state index in [9.17, 15) is 17.6 Å². The van der Waals surface area contributed by atoms with Gasteiger partial charge in [-0.2, -0.15) is 5.10 Å². The Bertz CT molecular complexity index is 1130. The summed E-state index contributed by atoms with van der Waals surface area (Å²) in [4.78, 5) is 4.30. The number of benzene rings is 1. The first-order valence-electron chi connectivity index (χ1n) is 9.14. The summed E-state index contributed by atoms with van der Waals surface area (Å²) in [6, 6.07) is 1.76. The van der Waals surface area contributed by atoms with Crippen LogP contribution in [0.5, 0.6) is 5.75 Å². The summed E-state index contributed by atoms with van der Waals surface area (Å²) in [5, 5.41) is 4.80. The highest BCUT2D eigenvalue weighted by atomic mass is 19.4. The number of rotatable bonds is 4. The molecule has 0 spiro atoms. The van der Waals surface area contributed by atoms with Crippen molar-refractivity contribution in [1.82, 2.24) is 14.8 Å². The Labute approximate surface area is 161 Å². The molecule has 5 rings (SSSR count). The molecule has 2 saturated carbocycles. The normalized spacial score (nSPS) is 17.1. The van der Waals surface area contributed by atoms with Gasteiger partial charge in [0.15, 0.2) is 17.4 Å². The minimum absolute atomic E-state index is 0.0350. The minimum Gasteiger partial charge on any atom is -0.402 e. The fourth-order valence-corrected chi connectivity index (χ4v) is 3.56. The molecule has 3 aromatic rings. The maximum Gasteiger partial charge on any atom is 0.573 e. The molecule has 0 atom stereocenters. The number of nitrogen functional groups attached to an aromatic ring is 1. The van der Waals surface area contributed by atoms with Gasteiger partial charge < -0.3 is 10.5 Å². The summed E-state index contributed by atoms with van der Waals surface area (Å²) >= 11 is 0. The molecule has 0 aliphatic heterocycles. The molecule has 2 heterocycles. The number of pyridine rings is 1. The van der Waals surface area contributed by atoms with Gasteiger partial charge in [0.05, 0.1) is 23.5 Å². The zero-order valence-electron chi connectivity index (χ0n) is 14.9. The Morgan fingerprint density at radius 2 is 1.83 bits per heavy atom. The van der Waals surface area contributed by atoms with E-state index in [2.05, 4.69) is 14.8 Å². The van der Waals surface area contributed by atoms with E-state index in [0.29, 0.717) is 17.1 Å². The van der Waals surface area contributed by atoms with E-state index in [1.165, 1.54) is 10.9 Å². The molecule has 1 aromatic carbocycles. The Balaban J connectivity index is 1.79. The second kappa shape index (κ2) is 6.04. The van der Waals surface area contributed by atoms with Gasteiger partial charge in [-0.05, 0) is 31.7 Å². The van der Waals surface area contributed by atoms with Crippen LogP contribution >= 0.6 is 0 Å². The van der Waals surface area contributed by atoms with Crippen molar-refractivity contribution in [2.45, 2.75) is 44.0 Å². The highest BCUT2D eigenvalue weighted by Gasteiger charge is 2.37. The maximum absolute atomic E-state index is 15.6. The molecule has 0 amide bonds. The lowest BCUT2D eigenvalue weighted by Crippen LogP contribution is -2.19. The number of fused-ring (bicyclic) bond motifs is 1. The Morgan fingerprint density at radius 3 is 2.45 bits per heavy atom. The highest BCUT2D eigenvalue weighted by molar-refractivity contribution is 5.88. The number of nitrogens with two attached hydrogens (primary N) is 1. The molecule has 0 bridgehead atoms. The van der Waals surface area contributed by atoms with Crippen LogP contribution in [-0.4, -0.2) is 21.1 Å². The largest absolute Gasteiger partial charge is 0.573 e. The first-order valence-corrected chi connectivity index (χ1v) is 9.14. The third-order valence-electron chi connectivity index (χ3n) is 5.12. The van der Waals surface area contributed by atoms with E-state index >= 15 is 4.39 Å². The molecular weight excluding hydrogens is 395 g/mol. The highest BCUT2D eigenvalue weighted by Crippen LogP contribution is 2.47. The first-order chi connectivity index (χ1) is 13.7. The van der Waals surface area contributed by atoms with Gasteiger partial charge >= 0.3 is 6.36 Å². The van der Waals surface area contributed by atoms with Crippen LogP contribution in [0.15, 0.2) is 18.3 Å². The molecule has 152 valence electrons. The Kier molecular flexibility index (Phi) is 3.78. The molecule has 2 aliphatic rings. The van der Waals surface area contributed by atoms with Gasteiger partial charge in [-0.15, -0.1) is 13.2 Å². The maximum atomic E-state index is 15.6. The molecule has 2 N–H and O–H groups in total. The predicted octanol–water partition coefficient (Wildman–Crippen LogP) is 5.07. The van der Waals surface area contributed by atoms with Gasteiger partial charge in [0, 0.05) is 23.1 Å². The third-order valence-corrected chi connectivity index (χ3v) is 5.12. The number of hydrogen-bond donors (Lipinski definition) is 1. The standard InChI is InChI=1S/C19H15F5N4O/c20-13-6-9(25)5-11(18(13)29-19(22,23)24)16-14(21)17-12(15(27-16)8-1-2-8)7-26-28(17)10-3-4-10/h5-8,10H,1-4,25H2. The molecule has 0 radical (unpaired) electrons. The van der Waals surface area contributed by atoms with Gasteiger partial charge in [0.25, 0.3) is 0 Å². The number of hydrogen-bond acceptors (Lipinski definition) is 4. The summed E-state index contributed by atoms with van der Waals surface area (Å²) in [6.07, 6.45) is -0.294. The molecule has 2 aromatic heterocycles. The average Bonchev–Trinajstić information content (AvgIpc) is 3.55. The van der Waals surface area contributed by atoms with E-state index in [4.69, 9.17) is 5.73 Å². The molecule has 0 saturated heterocycles. The number of anilines is 1. The number of alkyl halides is 3. The van der Waals surface area contributed by atoms with Crippen LogP contribution in [0.1, 0.15) is 43.3 Å². The van der Waals surface area contributed by atoms with Crippen molar-refractivity contribution in [3.8, 4) is 17.0 Å². The van der Waals surface area contributed by atoms with Crippen LogP contribution in [0.3, 0.4) is 0 Å². The lowest BCUT2D eigenvalue weighted by atomic mass is 10.0. The summed E-state index contributed by atoms with van der Waals surface area (Å²) < 4.78 is 73.9. The van der Waals surface area contributed by atoms with Crippen molar-refractivity contribution in [2.24, 2.45) is 0 Å². The topological polar surface area (TPSA) is 66.0 Å². The van der Waals surface area contributed by atoms with Gasteiger partial charge in [-0.25, -0.2) is 13.8 Å². The van der Waals surface area contributed by atoms with Crippen LogP contribution in [0.25, 0.3) is 22.2 Å². The van der Waals surface area contributed by atoms with Crippen molar-refractivity contribution in [1.29, 1.82) is 0 Å². The smallest absolute Gasteiger partial charge is 0.402 e. The zero-order valence-corrected chi connectivity index (χ0v) is 14.9. The molecule has 2 aliphatic carbocycles. The summed E-state index contributed by atoms with van der Waals surface area (Å²) in [5.74, 6) is -3.31. The number of ether oxygens (including phenoxy) is 1. The predicted molar refractivity (Wildman–Crippen MR) is 94.2 cm³/mol. The van der Waals surface area contributed by atoms with Crippen molar-refractivity contribution in [2.75, 3.05) is 5.73 Å². The number of aromatic nitrogens is 3. The van der Waals surface area contributed by atoms with Crippen LogP contribution in [0.2, 0.25) is 0 Å². The monoisotopic (exact) mass is 410 g/mol. The molecule has 0 unspecified atom stereocenters. The van der Waals surface area contributed by atoms with Crippen molar-refractivity contribution in [3.63, 3.8) is 0 Å². The zero-order chi connectivity index (χ0) is 20.5. The van der Waals surface area contributed by atoms with Crippen LogP contribution in [0, 0.1) is 11.6 Å². The summed E-state index contributed by atoms with van der Waals surface area (Å²) in [7, 11) is 0. The fraction of sp³-hybridized carbons (Fsp3) is 0.368. The SMILES string of the molecule is Nc1cc(F)c(OC(F)(F)F)c(-c2nc(C3CC3)c3cnn(C4CC4)c3c2F)c1. The van der Waals surface area contributed by atoms with Gasteiger partial charge in [-0.1, -0.05) is 0 Å². The van der Waals surface area contributed by atoms with Gasteiger partial charge in [-0.3, -0.25) is 4.68 Å². The average molecular weight is 410 g/mol. The van der Waals surface area contributed by atoms with Crippen LogP contribution in [-0.2, 0) is 0 Å². The van der Waals surface area contributed by atoms with E-state index in [-0.39, 0.29) is 23.2 Å². The number of nitrogens with zero attached hydrogens (tertiary/aromatic N) is 3. The van der Waals surface area contributed by atoms with E-state index in [1.807, 2.05) is 0 Å². The van der Waals surface area contributed by atoms with Crippen LogP contribution in [0.4, 0.5) is 27.6 Å². The van der Waals surface area contributed by atoms with Gasteiger partial charge in [0.2, 0.25) is 0 Å². The molecular formula is C19H15F5N4O. The molecule has 10 heteroatoms. The molecule has 5 nitrogen and oxygen atoms in total. The van der Waals surface area contributed by atoms with Crippen molar-refractivity contribution >= 4 is 16.6 Å². The first kappa shape index (κ1) is 18.1. The van der Waals surface area contributed by atoms with E-state index in [1.54, 1.807) is 0 Å². The summed E-state index contributed by atoms with van der Waals surface area (Å²) in [6.45, 7) is 0. The second-order valence-corrected chi connectivity index (χ2v) is 7.44. The lowest BCUT2D eigenvalue weighted by molar-refractivity contribution is -0.275. The minimum atomic E-state index is -5.17. The van der Waals surface area contributed by atoms with Crippen LogP contribution < -0.4 is 10.5 Å². The number of halogens is 5. The quantitative estimate of drug-likeness (QED) is 0.482. The Morgan fingerprint density at radius 1 is 1.10 bits per heavy atom.